The van der Waals surface area contributed by atoms with Crippen molar-refractivity contribution in [1.29, 1.82) is 0 Å². The first kappa shape index (κ1) is 10.3. The number of carbonyl (C=O) groups excluding carboxylic acids is 1. The fourth-order valence-electron chi connectivity index (χ4n) is 1.12. The van der Waals surface area contributed by atoms with Crippen LogP contribution in [0, 0.1) is 0 Å². The summed E-state index contributed by atoms with van der Waals surface area (Å²) in [5.74, 6) is 0. The highest BCUT2D eigenvalue weighted by molar-refractivity contribution is 5.67. The first-order valence-corrected chi connectivity index (χ1v) is 4.58. The summed E-state index contributed by atoms with van der Waals surface area (Å²) in [6.45, 7) is 4.63. The molecule has 1 amide bonds. The lowest BCUT2D eigenvalue weighted by Gasteiger charge is -2.27. The van der Waals surface area contributed by atoms with Gasteiger partial charge in [0.05, 0.1) is 0 Å². The van der Waals surface area contributed by atoms with Crippen molar-refractivity contribution < 1.29 is 14.6 Å². The van der Waals surface area contributed by atoms with Gasteiger partial charge in [0.25, 0.3) is 0 Å². The van der Waals surface area contributed by atoms with E-state index in [1.807, 2.05) is 0 Å². The highest BCUT2D eigenvalue weighted by atomic mass is 16.6. The van der Waals surface area contributed by atoms with E-state index in [4.69, 9.17) is 9.84 Å². The predicted molar refractivity (Wildman–Crippen MR) is 47.2 cm³/mol. The van der Waals surface area contributed by atoms with Gasteiger partial charge in [-0.2, -0.15) is 0 Å². The van der Waals surface area contributed by atoms with Crippen molar-refractivity contribution in [3.63, 3.8) is 0 Å². The van der Waals surface area contributed by atoms with E-state index in [-0.39, 0.29) is 0 Å². The molecule has 0 spiro atoms. The number of aliphatic hydroxyl groups excluding tert-OH is 1. The van der Waals surface area contributed by atoms with Gasteiger partial charge in [-0.15, -0.1) is 0 Å². The molecule has 0 unspecified atom stereocenters. The summed E-state index contributed by atoms with van der Waals surface area (Å²) in [5.41, 5.74) is 0. The summed E-state index contributed by atoms with van der Waals surface area (Å²) >= 11 is 0. The molecule has 1 fully saturated rings. The van der Waals surface area contributed by atoms with Crippen LogP contribution < -0.4 is 5.32 Å². The first-order valence-electron chi connectivity index (χ1n) is 4.58. The molecule has 1 atom stereocenters. The van der Waals surface area contributed by atoms with Gasteiger partial charge in [0.1, 0.15) is 0 Å². The summed E-state index contributed by atoms with van der Waals surface area (Å²) in [6.07, 6.45) is -0.962. The Bertz CT molecular complexity index is 169. The number of hydrogen-bond donors (Lipinski definition) is 2. The van der Waals surface area contributed by atoms with Crippen molar-refractivity contribution in [3.8, 4) is 0 Å². The lowest BCUT2D eigenvalue weighted by Crippen LogP contribution is -2.47. The van der Waals surface area contributed by atoms with E-state index in [9.17, 15) is 4.79 Å². The molecule has 2 N–H and O–H groups in total. The minimum atomic E-state index is -0.970. The summed E-state index contributed by atoms with van der Waals surface area (Å²) in [4.78, 5) is 12.9. The Morgan fingerprint density at radius 2 is 2.23 bits per heavy atom. The molecule has 5 nitrogen and oxygen atoms in total. The minimum absolute atomic E-state index is 0.421. The van der Waals surface area contributed by atoms with Gasteiger partial charge in [-0.3, -0.25) is 0 Å². The van der Waals surface area contributed by atoms with Crippen molar-refractivity contribution >= 4 is 6.09 Å². The lowest BCUT2D eigenvalue weighted by molar-refractivity contribution is -0.0660. The van der Waals surface area contributed by atoms with Crippen LogP contribution in [-0.2, 0) is 4.74 Å². The first-order chi connectivity index (χ1) is 6.24. The van der Waals surface area contributed by atoms with Crippen LogP contribution in [0.3, 0.4) is 0 Å². The zero-order valence-electron chi connectivity index (χ0n) is 7.82. The van der Waals surface area contributed by atoms with Crippen LogP contribution in [0.25, 0.3) is 0 Å². The van der Waals surface area contributed by atoms with E-state index in [2.05, 4.69) is 5.32 Å². The molecule has 1 saturated heterocycles. The maximum Gasteiger partial charge on any atom is 0.412 e. The molecular weight excluding hydrogens is 172 g/mol. The zero-order valence-corrected chi connectivity index (χ0v) is 7.82. The van der Waals surface area contributed by atoms with Crippen molar-refractivity contribution in [2.45, 2.75) is 19.6 Å². The Morgan fingerprint density at radius 3 is 2.77 bits per heavy atom. The van der Waals surface area contributed by atoms with Crippen LogP contribution in [0.15, 0.2) is 0 Å². The Hall–Kier alpha value is -0.810. The number of piperazine rings is 1. The van der Waals surface area contributed by atoms with Gasteiger partial charge < -0.3 is 20.1 Å². The Kier molecular flexibility index (Phi) is 3.98. The summed E-state index contributed by atoms with van der Waals surface area (Å²) in [5, 5.41) is 12.2. The second-order valence-corrected chi connectivity index (χ2v) is 2.98. The molecule has 0 saturated carbocycles. The van der Waals surface area contributed by atoms with E-state index >= 15 is 0 Å². The summed E-state index contributed by atoms with van der Waals surface area (Å²) < 4.78 is 4.75. The largest absolute Gasteiger partial charge is 0.420 e. The lowest BCUT2D eigenvalue weighted by atomic mass is 10.4. The third kappa shape index (κ3) is 3.20. The Morgan fingerprint density at radius 1 is 1.62 bits per heavy atom. The van der Waals surface area contributed by atoms with E-state index in [1.165, 1.54) is 0 Å². The summed E-state index contributed by atoms with van der Waals surface area (Å²) in [6, 6.07) is 0. The third-order valence-electron chi connectivity index (χ3n) is 1.96. The van der Waals surface area contributed by atoms with Crippen LogP contribution in [-0.4, -0.2) is 48.6 Å². The molecule has 0 aromatic carbocycles. The molecule has 0 radical (unpaired) electrons. The second-order valence-electron chi connectivity index (χ2n) is 2.98. The highest BCUT2D eigenvalue weighted by Gasteiger charge is 2.19. The van der Waals surface area contributed by atoms with Gasteiger partial charge in [-0.25, -0.2) is 4.79 Å². The van der Waals surface area contributed by atoms with Crippen LogP contribution in [0.5, 0.6) is 0 Å². The van der Waals surface area contributed by atoms with E-state index in [0.717, 1.165) is 13.1 Å². The van der Waals surface area contributed by atoms with Gasteiger partial charge in [0.2, 0.25) is 6.29 Å². The predicted octanol–water partition coefficient (Wildman–Crippen LogP) is -0.243. The standard InChI is InChI=1S/C8H16N2O3/c1-2-7(11)13-8(12)10-5-3-9-4-6-10/h7,9,11H,2-6H2,1H3/t7-/m1/s1. The van der Waals surface area contributed by atoms with E-state index in [1.54, 1.807) is 11.8 Å². The topological polar surface area (TPSA) is 61.8 Å². The van der Waals surface area contributed by atoms with Crippen LogP contribution >= 0.6 is 0 Å². The van der Waals surface area contributed by atoms with Gasteiger partial charge in [-0.1, -0.05) is 6.92 Å². The fraction of sp³-hybridized carbons (Fsp3) is 0.875. The van der Waals surface area contributed by atoms with Crippen molar-refractivity contribution in [2.75, 3.05) is 26.2 Å². The molecule has 0 aromatic heterocycles. The van der Waals surface area contributed by atoms with Crippen LogP contribution in [0.1, 0.15) is 13.3 Å². The normalized spacial score (nSPS) is 19.7. The SMILES string of the molecule is CC[C@H](O)OC(=O)N1CCNCC1. The van der Waals surface area contributed by atoms with Gasteiger partial charge in [-0.05, 0) is 0 Å². The molecule has 1 heterocycles. The zero-order chi connectivity index (χ0) is 9.68. The molecule has 1 aliphatic heterocycles. The van der Waals surface area contributed by atoms with Crippen molar-refractivity contribution in [1.82, 2.24) is 10.2 Å². The van der Waals surface area contributed by atoms with E-state index < -0.39 is 12.4 Å². The molecule has 1 rings (SSSR count). The minimum Gasteiger partial charge on any atom is -0.420 e. The third-order valence-corrected chi connectivity index (χ3v) is 1.96. The number of nitrogens with one attached hydrogen (secondary N) is 1. The molecule has 0 aromatic rings. The molecule has 1 aliphatic rings. The maximum atomic E-state index is 11.3. The number of hydrogen-bond acceptors (Lipinski definition) is 4. The van der Waals surface area contributed by atoms with Crippen LogP contribution in [0.2, 0.25) is 0 Å². The molecule has 0 aliphatic carbocycles. The van der Waals surface area contributed by atoms with Gasteiger partial charge in [0.15, 0.2) is 0 Å². The van der Waals surface area contributed by atoms with Crippen molar-refractivity contribution in [3.05, 3.63) is 0 Å². The smallest absolute Gasteiger partial charge is 0.412 e. The average molecular weight is 188 g/mol. The van der Waals surface area contributed by atoms with Gasteiger partial charge >= 0.3 is 6.09 Å². The number of ether oxygens (including phenoxy) is 1. The fourth-order valence-corrected chi connectivity index (χ4v) is 1.12. The van der Waals surface area contributed by atoms with Crippen molar-refractivity contribution in [2.24, 2.45) is 0 Å². The number of carbonyl (C=O) groups is 1. The van der Waals surface area contributed by atoms with Crippen LogP contribution in [0.4, 0.5) is 4.79 Å². The van der Waals surface area contributed by atoms with E-state index in [0.29, 0.717) is 19.5 Å². The molecule has 13 heavy (non-hydrogen) atoms. The number of nitrogens with zero attached hydrogens (tertiary/aromatic N) is 1. The van der Waals surface area contributed by atoms with Gasteiger partial charge in [0, 0.05) is 32.6 Å². The number of rotatable bonds is 2. The molecule has 76 valence electrons. The number of amides is 1. The monoisotopic (exact) mass is 188 g/mol. The average Bonchev–Trinajstić information content (AvgIpc) is 2.19. The number of aliphatic hydroxyl groups is 1. The Balaban J connectivity index is 2.29. The highest BCUT2D eigenvalue weighted by Crippen LogP contribution is 2.00. The maximum absolute atomic E-state index is 11.3. The quantitative estimate of drug-likeness (QED) is 0.587. The molecule has 0 bridgehead atoms. The molecular formula is C8H16N2O3. The Labute approximate surface area is 77.7 Å². The summed E-state index contributed by atoms with van der Waals surface area (Å²) in [7, 11) is 0. The molecule has 5 heteroatoms. The second kappa shape index (κ2) is 5.04.